The normalized spacial score (nSPS) is 18.0. The highest BCUT2D eigenvalue weighted by molar-refractivity contribution is 4.61. The first kappa shape index (κ1) is 8.88. The van der Waals surface area contributed by atoms with E-state index in [0.717, 1.165) is 0 Å². The molecule has 2 atom stereocenters. The van der Waals surface area contributed by atoms with Crippen LogP contribution in [0, 0.1) is 5.92 Å². The van der Waals surface area contributed by atoms with E-state index in [1.807, 2.05) is 13.8 Å². The lowest BCUT2D eigenvalue weighted by Crippen LogP contribution is -2.28. The summed E-state index contributed by atoms with van der Waals surface area (Å²) in [5.41, 5.74) is 5.03. The van der Waals surface area contributed by atoms with E-state index in [0.29, 0.717) is 0 Å². The smallest absolute Gasteiger partial charge is 0.104 e. The molecular weight excluding hydrogens is 118 g/mol. The van der Waals surface area contributed by atoms with E-state index < -0.39 is 12.3 Å². The first-order valence-corrected chi connectivity index (χ1v) is 3.15. The molecule has 4 N–H and O–H groups in total. The lowest BCUT2D eigenvalue weighted by Gasteiger charge is -2.15. The number of hydrogen-bond acceptors (Lipinski definition) is 3. The Morgan fingerprint density at radius 1 is 1.33 bits per heavy atom. The van der Waals surface area contributed by atoms with Crippen LogP contribution in [0.5, 0.6) is 0 Å². The van der Waals surface area contributed by atoms with Crippen LogP contribution in [0.4, 0.5) is 0 Å². The van der Waals surface area contributed by atoms with Gasteiger partial charge in [-0.15, -0.1) is 0 Å². The molecule has 0 spiro atoms. The molecule has 3 nitrogen and oxygen atoms in total. The molecule has 0 amide bonds. The lowest BCUT2D eigenvalue weighted by atomic mass is 10.0. The molecule has 0 saturated heterocycles. The Morgan fingerprint density at radius 2 is 1.78 bits per heavy atom. The topological polar surface area (TPSA) is 66.5 Å². The van der Waals surface area contributed by atoms with Gasteiger partial charge in [0.1, 0.15) is 6.23 Å². The predicted octanol–water partition coefficient (Wildman–Crippen LogP) is -0.329. The molecule has 56 valence electrons. The van der Waals surface area contributed by atoms with E-state index in [-0.39, 0.29) is 12.3 Å². The summed E-state index contributed by atoms with van der Waals surface area (Å²) in [7, 11) is 0. The predicted molar refractivity (Wildman–Crippen MR) is 35.7 cm³/mol. The van der Waals surface area contributed by atoms with E-state index in [1.165, 1.54) is 0 Å². The van der Waals surface area contributed by atoms with Crippen molar-refractivity contribution < 1.29 is 10.2 Å². The first-order valence-electron chi connectivity index (χ1n) is 3.15. The van der Waals surface area contributed by atoms with Gasteiger partial charge in [0.05, 0.1) is 6.10 Å². The molecule has 0 aliphatic heterocycles. The second-order valence-corrected chi connectivity index (χ2v) is 2.61. The van der Waals surface area contributed by atoms with Crippen LogP contribution in [0.15, 0.2) is 0 Å². The Labute approximate surface area is 55.5 Å². The first-order chi connectivity index (χ1) is 4.04. The van der Waals surface area contributed by atoms with E-state index in [2.05, 4.69) is 0 Å². The van der Waals surface area contributed by atoms with Gasteiger partial charge in [-0.25, -0.2) is 0 Å². The second-order valence-electron chi connectivity index (χ2n) is 2.61. The molecule has 0 aliphatic carbocycles. The van der Waals surface area contributed by atoms with Gasteiger partial charge in [0, 0.05) is 6.42 Å². The number of aliphatic hydroxyl groups is 2. The van der Waals surface area contributed by atoms with Gasteiger partial charge in [0.15, 0.2) is 0 Å². The minimum absolute atomic E-state index is 0.170. The minimum Gasteiger partial charge on any atom is -0.393 e. The molecule has 0 saturated carbocycles. The standard InChI is InChI=1S/C6H15NO2/c1-4(2)5(8)3-6(7)9/h4-6,8-9H,3,7H2,1-2H3. The summed E-state index contributed by atoms with van der Waals surface area (Å²) in [6.07, 6.45) is -1.11. The van der Waals surface area contributed by atoms with Crippen LogP contribution in [-0.2, 0) is 0 Å². The Kier molecular flexibility index (Phi) is 3.77. The Bertz CT molecular complexity index is 73.5. The number of nitrogens with two attached hydrogens (primary N) is 1. The molecular formula is C6H15NO2. The van der Waals surface area contributed by atoms with Crippen LogP contribution in [0.25, 0.3) is 0 Å². The van der Waals surface area contributed by atoms with Crippen LogP contribution in [0.2, 0.25) is 0 Å². The quantitative estimate of drug-likeness (QED) is 0.462. The van der Waals surface area contributed by atoms with Crippen LogP contribution >= 0.6 is 0 Å². The molecule has 0 fully saturated rings. The second kappa shape index (κ2) is 3.82. The van der Waals surface area contributed by atoms with Crippen molar-refractivity contribution in [3.8, 4) is 0 Å². The van der Waals surface area contributed by atoms with Gasteiger partial charge in [0.2, 0.25) is 0 Å². The Hall–Kier alpha value is -0.120. The van der Waals surface area contributed by atoms with E-state index in [1.54, 1.807) is 0 Å². The van der Waals surface area contributed by atoms with Crippen molar-refractivity contribution in [3.05, 3.63) is 0 Å². The van der Waals surface area contributed by atoms with Crippen molar-refractivity contribution in [2.24, 2.45) is 11.7 Å². The summed E-state index contributed by atoms with van der Waals surface area (Å²) in [6.45, 7) is 3.76. The molecule has 0 aliphatic rings. The summed E-state index contributed by atoms with van der Waals surface area (Å²) in [5.74, 6) is 0.170. The van der Waals surface area contributed by atoms with Crippen molar-refractivity contribution in [2.45, 2.75) is 32.6 Å². The van der Waals surface area contributed by atoms with Gasteiger partial charge in [-0.3, -0.25) is 0 Å². The number of aliphatic hydroxyl groups excluding tert-OH is 2. The zero-order valence-corrected chi connectivity index (χ0v) is 5.91. The van der Waals surface area contributed by atoms with Crippen LogP contribution in [0.1, 0.15) is 20.3 Å². The fourth-order valence-corrected chi connectivity index (χ4v) is 0.520. The molecule has 0 radical (unpaired) electrons. The third-order valence-corrected chi connectivity index (χ3v) is 1.25. The molecule has 0 bridgehead atoms. The Morgan fingerprint density at radius 3 is 1.89 bits per heavy atom. The van der Waals surface area contributed by atoms with Gasteiger partial charge in [-0.05, 0) is 5.92 Å². The maximum Gasteiger partial charge on any atom is 0.104 e. The van der Waals surface area contributed by atoms with Gasteiger partial charge < -0.3 is 15.9 Å². The number of hydrogen-bond donors (Lipinski definition) is 3. The Balaban J connectivity index is 3.38. The third kappa shape index (κ3) is 4.39. The van der Waals surface area contributed by atoms with E-state index in [4.69, 9.17) is 15.9 Å². The average molecular weight is 133 g/mol. The molecule has 0 aromatic heterocycles. The molecule has 0 aromatic rings. The van der Waals surface area contributed by atoms with Crippen molar-refractivity contribution in [3.63, 3.8) is 0 Å². The van der Waals surface area contributed by atoms with Crippen LogP contribution in [-0.4, -0.2) is 22.5 Å². The highest BCUT2D eigenvalue weighted by Crippen LogP contribution is 2.05. The summed E-state index contributed by atoms with van der Waals surface area (Å²) < 4.78 is 0. The molecule has 0 rings (SSSR count). The zero-order valence-electron chi connectivity index (χ0n) is 5.91. The highest BCUT2D eigenvalue weighted by atomic mass is 16.3. The lowest BCUT2D eigenvalue weighted by molar-refractivity contribution is 0.0565. The van der Waals surface area contributed by atoms with Gasteiger partial charge in [0.25, 0.3) is 0 Å². The summed E-state index contributed by atoms with van der Waals surface area (Å²) >= 11 is 0. The van der Waals surface area contributed by atoms with E-state index in [9.17, 15) is 0 Å². The number of rotatable bonds is 3. The van der Waals surface area contributed by atoms with Crippen LogP contribution < -0.4 is 5.73 Å². The fourth-order valence-electron chi connectivity index (χ4n) is 0.520. The molecule has 2 unspecified atom stereocenters. The minimum atomic E-state index is -0.887. The molecule has 0 aromatic carbocycles. The monoisotopic (exact) mass is 133 g/mol. The summed E-state index contributed by atoms with van der Waals surface area (Å²) in [6, 6.07) is 0. The maximum atomic E-state index is 9.06. The van der Waals surface area contributed by atoms with E-state index >= 15 is 0 Å². The molecule has 9 heavy (non-hydrogen) atoms. The fraction of sp³-hybridized carbons (Fsp3) is 1.00. The van der Waals surface area contributed by atoms with Gasteiger partial charge in [-0.2, -0.15) is 0 Å². The van der Waals surface area contributed by atoms with Crippen LogP contribution in [0.3, 0.4) is 0 Å². The third-order valence-electron chi connectivity index (χ3n) is 1.25. The molecule has 0 heterocycles. The zero-order chi connectivity index (χ0) is 7.44. The van der Waals surface area contributed by atoms with Crippen molar-refractivity contribution in [1.29, 1.82) is 0 Å². The van der Waals surface area contributed by atoms with Gasteiger partial charge in [-0.1, -0.05) is 13.8 Å². The largest absolute Gasteiger partial charge is 0.393 e. The maximum absolute atomic E-state index is 9.06. The average Bonchev–Trinajstić information content (AvgIpc) is 1.63. The van der Waals surface area contributed by atoms with Crippen molar-refractivity contribution in [2.75, 3.05) is 0 Å². The summed E-state index contributed by atoms with van der Waals surface area (Å²) in [4.78, 5) is 0. The highest BCUT2D eigenvalue weighted by Gasteiger charge is 2.11. The van der Waals surface area contributed by atoms with Crippen molar-refractivity contribution in [1.82, 2.24) is 0 Å². The van der Waals surface area contributed by atoms with Gasteiger partial charge >= 0.3 is 0 Å². The van der Waals surface area contributed by atoms with Crippen molar-refractivity contribution >= 4 is 0 Å². The SMILES string of the molecule is CC(C)C(O)CC(N)O. The molecule has 3 heteroatoms. The summed E-state index contributed by atoms with van der Waals surface area (Å²) in [5, 5.41) is 17.6.